The van der Waals surface area contributed by atoms with Crippen LogP contribution in [0.4, 0.5) is 0 Å². The number of benzene rings is 2. The zero-order valence-electron chi connectivity index (χ0n) is 17.5. The van der Waals surface area contributed by atoms with Crippen molar-refractivity contribution >= 4 is 17.7 Å². The molecule has 0 aliphatic carbocycles. The van der Waals surface area contributed by atoms with Gasteiger partial charge in [0.1, 0.15) is 6.61 Å². The summed E-state index contributed by atoms with van der Waals surface area (Å²) >= 11 is 0. The number of carbonyl (C=O) groups is 3. The maximum absolute atomic E-state index is 11.5. The Morgan fingerprint density at radius 2 is 1.25 bits per heavy atom. The molecule has 0 saturated heterocycles. The number of hydrogen-bond donors (Lipinski definition) is 1. The van der Waals surface area contributed by atoms with Gasteiger partial charge in [-0.1, -0.05) is 61.4 Å². The van der Waals surface area contributed by atoms with Crippen molar-refractivity contribution in [2.75, 3.05) is 6.61 Å². The highest BCUT2D eigenvalue weighted by molar-refractivity contribution is 5.94. The van der Waals surface area contributed by atoms with Crippen molar-refractivity contribution in [3.63, 3.8) is 0 Å². The predicted octanol–water partition coefficient (Wildman–Crippen LogP) is 5.10. The summed E-state index contributed by atoms with van der Waals surface area (Å²) in [5.41, 5.74) is 3.45. The largest absolute Gasteiger partial charge is 0.481 e. The summed E-state index contributed by atoms with van der Waals surface area (Å²) in [5.74, 6) is -2.03. The lowest BCUT2D eigenvalue weighted by molar-refractivity contribution is -0.142. The van der Waals surface area contributed by atoms with Gasteiger partial charge in [-0.3, -0.25) is 9.59 Å². The fourth-order valence-corrected chi connectivity index (χ4v) is 1.83. The number of carboxylic acid groups (broad SMARTS) is 1. The van der Waals surface area contributed by atoms with E-state index in [1.54, 1.807) is 31.2 Å². The van der Waals surface area contributed by atoms with Gasteiger partial charge in [-0.15, -0.1) is 0 Å². The lowest BCUT2D eigenvalue weighted by Crippen LogP contribution is -2.18. The van der Waals surface area contributed by atoms with Crippen LogP contribution in [0, 0.1) is 19.8 Å². The van der Waals surface area contributed by atoms with Gasteiger partial charge in [0.15, 0.2) is 5.78 Å². The van der Waals surface area contributed by atoms with Crippen LogP contribution in [0.5, 0.6) is 0 Å². The third kappa shape index (κ3) is 9.67. The first-order valence-corrected chi connectivity index (χ1v) is 9.25. The minimum absolute atomic E-state index is 0.109. The van der Waals surface area contributed by atoms with Crippen LogP contribution < -0.4 is 0 Å². The number of aliphatic carboxylic acids is 1. The Balaban J connectivity index is 0.000000520. The highest BCUT2D eigenvalue weighted by Crippen LogP contribution is 2.06. The molecule has 152 valence electrons. The van der Waals surface area contributed by atoms with E-state index in [0.717, 1.165) is 11.1 Å². The molecule has 5 heteroatoms. The van der Waals surface area contributed by atoms with Crippen molar-refractivity contribution in [3.05, 3.63) is 70.8 Å². The Hall–Kier alpha value is -2.95. The number of esters is 1. The zero-order chi connectivity index (χ0) is 21.7. The van der Waals surface area contributed by atoms with Gasteiger partial charge in [0.2, 0.25) is 0 Å². The van der Waals surface area contributed by atoms with Gasteiger partial charge in [0.25, 0.3) is 0 Å². The molecule has 0 amide bonds. The van der Waals surface area contributed by atoms with E-state index < -0.39 is 17.9 Å². The topological polar surface area (TPSA) is 80.7 Å². The summed E-state index contributed by atoms with van der Waals surface area (Å²) in [6, 6.07) is 14.5. The smallest absolute Gasteiger partial charge is 0.338 e. The van der Waals surface area contributed by atoms with Gasteiger partial charge >= 0.3 is 11.9 Å². The normalized spacial score (nSPS) is 10.4. The Morgan fingerprint density at radius 3 is 1.61 bits per heavy atom. The van der Waals surface area contributed by atoms with E-state index >= 15 is 0 Å². The molecule has 2 aromatic carbocycles. The van der Waals surface area contributed by atoms with E-state index in [9.17, 15) is 14.4 Å². The van der Waals surface area contributed by atoms with Crippen LogP contribution in [-0.4, -0.2) is 29.4 Å². The number of ketones is 1. The highest BCUT2D eigenvalue weighted by Gasteiger charge is 2.14. The molecule has 1 N–H and O–H groups in total. The number of aryl methyl sites for hydroxylation is 2. The van der Waals surface area contributed by atoms with Crippen molar-refractivity contribution < 1.29 is 24.2 Å². The summed E-state index contributed by atoms with van der Waals surface area (Å²) in [7, 11) is 0. The number of Topliss-reactive ketones (excluding diaryl/α,β-unsaturated/α-hetero) is 1. The molecule has 0 heterocycles. The molecule has 0 fully saturated rings. The number of hydrogen-bond acceptors (Lipinski definition) is 4. The first-order chi connectivity index (χ1) is 13.2. The van der Waals surface area contributed by atoms with Gasteiger partial charge in [0, 0.05) is 5.56 Å². The summed E-state index contributed by atoms with van der Waals surface area (Å²) < 4.78 is 4.87. The van der Waals surface area contributed by atoms with Crippen molar-refractivity contribution in [2.24, 2.45) is 5.92 Å². The second kappa shape index (κ2) is 13.3. The molecular formula is C23H30O5. The first kappa shape index (κ1) is 25.1. The molecule has 1 unspecified atom stereocenters. The van der Waals surface area contributed by atoms with Gasteiger partial charge in [-0.05, 0) is 39.8 Å². The summed E-state index contributed by atoms with van der Waals surface area (Å²) in [6.07, 6.45) is 0. The molecule has 1 atom stereocenters. The highest BCUT2D eigenvalue weighted by atomic mass is 16.5. The lowest BCUT2D eigenvalue weighted by Gasteiger charge is -2.07. The van der Waals surface area contributed by atoms with Crippen molar-refractivity contribution in [2.45, 2.75) is 41.5 Å². The van der Waals surface area contributed by atoms with Crippen molar-refractivity contribution in [1.29, 1.82) is 0 Å². The van der Waals surface area contributed by atoms with E-state index in [4.69, 9.17) is 9.84 Å². The number of ether oxygens (including phenoxy) is 1. The Kier molecular flexibility index (Phi) is 11.9. The minimum Gasteiger partial charge on any atom is -0.481 e. The molecule has 0 bridgehead atoms. The standard InChI is InChI=1S/C12H14O4.C9H10O.C2H6/c1-8-3-5-10(6-4-8)12(15)16-7-9(2)11(13)14;1-7-3-5-9(6-4-7)8(2)10;1-2/h3-6,9H,7H2,1-2H3,(H,13,14);3-6H,1-2H3;1-2H3. The zero-order valence-corrected chi connectivity index (χ0v) is 17.5. The molecule has 0 aliphatic rings. The van der Waals surface area contributed by atoms with E-state index in [1.807, 2.05) is 52.0 Å². The predicted molar refractivity (Wildman–Crippen MR) is 111 cm³/mol. The lowest BCUT2D eigenvalue weighted by atomic mass is 10.1. The van der Waals surface area contributed by atoms with Gasteiger partial charge in [-0.2, -0.15) is 0 Å². The van der Waals surface area contributed by atoms with Crippen LogP contribution in [0.15, 0.2) is 48.5 Å². The average molecular weight is 386 g/mol. The number of carbonyl (C=O) groups excluding carboxylic acids is 2. The molecule has 2 aromatic rings. The molecular weight excluding hydrogens is 356 g/mol. The van der Waals surface area contributed by atoms with Gasteiger partial charge in [-0.25, -0.2) is 4.79 Å². The third-order valence-electron chi connectivity index (χ3n) is 3.63. The number of rotatable bonds is 5. The molecule has 2 rings (SSSR count). The van der Waals surface area contributed by atoms with E-state index in [2.05, 4.69) is 0 Å². The molecule has 0 aliphatic heterocycles. The molecule has 0 aromatic heterocycles. The van der Waals surface area contributed by atoms with Crippen LogP contribution in [0.25, 0.3) is 0 Å². The minimum atomic E-state index is -0.975. The summed E-state index contributed by atoms with van der Waals surface area (Å²) in [6.45, 7) is 10.9. The van der Waals surface area contributed by atoms with Crippen LogP contribution in [0.3, 0.4) is 0 Å². The van der Waals surface area contributed by atoms with Crippen LogP contribution >= 0.6 is 0 Å². The average Bonchev–Trinajstić information content (AvgIpc) is 2.68. The van der Waals surface area contributed by atoms with Crippen molar-refractivity contribution in [1.82, 2.24) is 0 Å². The quantitative estimate of drug-likeness (QED) is 0.571. The Labute approximate surface area is 167 Å². The van der Waals surface area contributed by atoms with E-state index in [1.165, 1.54) is 12.5 Å². The van der Waals surface area contributed by atoms with Crippen molar-refractivity contribution in [3.8, 4) is 0 Å². The summed E-state index contributed by atoms with van der Waals surface area (Å²) in [5, 5.41) is 8.61. The maximum atomic E-state index is 11.5. The van der Waals surface area contributed by atoms with E-state index in [0.29, 0.717) is 5.56 Å². The Bertz CT molecular complexity index is 746. The summed E-state index contributed by atoms with van der Waals surface area (Å²) in [4.78, 5) is 32.7. The second-order valence-corrected chi connectivity index (χ2v) is 6.13. The van der Waals surface area contributed by atoms with Gasteiger partial charge in [0.05, 0.1) is 11.5 Å². The third-order valence-corrected chi connectivity index (χ3v) is 3.63. The van der Waals surface area contributed by atoms with Crippen LogP contribution in [0.1, 0.15) is 59.5 Å². The van der Waals surface area contributed by atoms with Crippen LogP contribution in [-0.2, 0) is 9.53 Å². The maximum Gasteiger partial charge on any atom is 0.338 e. The molecule has 28 heavy (non-hydrogen) atoms. The molecule has 0 spiro atoms. The number of carboxylic acids is 1. The monoisotopic (exact) mass is 386 g/mol. The fraction of sp³-hybridized carbons (Fsp3) is 0.348. The molecule has 0 saturated carbocycles. The first-order valence-electron chi connectivity index (χ1n) is 9.25. The van der Waals surface area contributed by atoms with E-state index in [-0.39, 0.29) is 12.4 Å². The molecule has 5 nitrogen and oxygen atoms in total. The SMILES string of the molecule is CC.CC(=O)c1ccc(C)cc1.Cc1ccc(C(=O)OCC(C)C(=O)O)cc1. The van der Waals surface area contributed by atoms with Crippen LogP contribution in [0.2, 0.25) is 0 Å². The molecule has 0 radical (unpaired) electrons. The second-order valence-electron chi connectivity index (χ2n) is 6.13. The van der Waals surface area contributed by atoms with Gasteiger partial charge < -0.3 is 9.84 Å². The fourth-order valence-electron chi connectivity index (χ4n) is 1.83. The Morgan fingerprint density at radius 1 is 0.857 bits per heavy atom.